The van der Waals surface area contributed by atoms with Crippen LogP contribution >= 0.6 is 34.0 Å². The maximum atomic E-state index is 12.5. The third-order valence-electron chi connectivity index (χ3n) is 3.18. The Labute approximate surface area is 152 Å². The van der Waals surface area contributed by atoms with Crippen molar-refractivity contribution in [3.63, 3.8) is 0 Å². The second kappa shape index (κ2) is 6.54. The fourth-order valence-corrected chi connectivity index (χ4v) is 4.60. The van der Waals surface area contributed by atoms with Crippen LogP contribution in [0.25, 0.3) is 20.1 Å². The van der Waals surface area contributed by atoms with Gasteiger partial charge in [-0.15, -0.1) is 32.9 Å². The van der Waals surface area contributed by atoms with Crippen LogP contribution in [0.4, 0.5) is 13.9 Å². The Hall–Kier alpha value is -2.30. The van der Waals surface area contributed by atoms with Crippen LogP contribution in [0.1, 0.15) is 21.1 Å². The van der Waals surface area contributed by atoms with Crippen LogP contribution in [-0.2, 0) is 0 Å². The molecule has 4 rings (SSSR count). The monoisotopic (exact) mass is 394 g/mol. The fraction of sp³-hybridized carbons (Fsp3) is 0.0667. The fourth-order valence-electron chi connectivity index (χ4n) is 2.08. The first-order valence-corrected chi connectivity index (χ1v) is 9.44. The number of hydrogen-bond acceptors (Lipinski definition) is 7. The van der Waals surface area contributed by atoms with Crippen LogP contribution in [-0.4, -0.2) is 21.1 Å². The number of amides is 1. The Balaban J connectivity index is 1.54. The average Bonchev–Trinajstić information content (AvgIpc) is 3.32. The second-order valence-electron chi connectivity index (χ2n) is 4.85. The molecule has 1 amide bonds. The zero-order valence-corrected chi connectivity index (χ0v) is 14.7. The number of thiophene rings is 1. The number of hydrogen-bond donors (Lipinski definition) is 1. The molecule has 25 heavy (non-hydrogen) atoms. The summed E-state index contributed by atoms with van der Waals surface area (Å²) in [6, 6.07) is 11.3. The highest BCUT2D eigenvalue weighted by Crippen LogP contribution is 2.34. The number of thiazole rings is 1. The average molecular weight is 394 g/mol. The van der Waals surface area contributed by atoms with E-state index in [1.54, 1.807) is 17.4 Å². The highest BCUT2D eigenvalue weighted by molar-refractivity contribution is 7.26. The Morgan fingerprint density at radius 1 is 1.04 bits per heavy atom. The number of para-hydroxylation sites is 1. The van der Waals surface area contributed by atoms with Crippen molar-refractivity contribution in [1.82, 2.24) is 15.2 Å². The molecule has 0 fully saturated rings. The van der Waals surface area contributed by atoms with E-state index in [1.165, 1.54) is 11.3 Å². The molecule has 0 atom stereocenters. The molecule has 0 radical (unpaired) electrons. The predicted molar refractivity (Wildman–Crippen MR) is 95.8 cm³/mol. The van der Waals surface area contributed by atoms with Gasteiger partial charge in [0.05, 0.1) is 20.0 Å². The number of fused-ring (bicyclic) bond motifs is 1. The Morgan fingerprint density at radius 2 is 1.88 bits per heavy atom. The van der Waals surface area contributed by atoms with Gasteiger partial charge in [0.25, 0.3) is 12.3 Å². The van der Waals surface area contributed by atoms with E-state index < -0.39 is 17.3 Å². The van der Waals surface area contributed by atoms with E-state index >= 15 is 0 Å². The predicted octanol–water partition coefficient (Wildman–Crippen LogP) is 5.07. The van der Waals surface area contributed by atoms with E-state index in [-0.39, 0.29) is 5.13 Å². The second-order valence-corrected chi connectivity index (χ2v) is 7.97. The summed E-state index contributed by atoms with van der Waals surface area (Å²) in [4.78, 5) is 18.1. The van der Waals surface area contributed by atoms with Crippen molar-refractivity contribution in [3.8, 4) is 9.88 Å². The topological polar surface area (TPSA) is 67.8 Å². The highest BCUT2D eigenvalue weighted by Gasteiger charge is 2.17. The summed E-state index contributed by atoms with van der Waals surface area (Å²) in [6.07, 6.45) is -2.70. The molecule has 126 valence electrons. The Bertz CT molecular complexity index is 1020. The minimum Gasteiger partial charge on any atom is -0.296 e. The van der Waals surface area contributed by atoms with Gasteiger partial charge in [-0.3, -0.25) is 10.1 Å². The summed E-state index contributed by atoms with van der Waals surface area (Å²) in [5.41, 5.74) is 0.912. The molecule has 0 unspecified atom stereocenters. The first-order chi connectivity index (χ1) is 12.1. The van der Waals surface area contributed by atoms with Crippen molar-refractivity contribution in [2.75, 3.05) is 5.32 Å². The van der Waals surface area contributed by atoms with Crippen LogP contribution in [0.2, 0.25) is 0 Å². The number of carbonyl (C=O) groups is 1. The summed E-state index contributed by atoms with van der Waals surface area (Å²) in [5, 5.41) is 9.84. The van der Waals surface area contributed by atoms with Gasteiger partial charge in [-0.25, -0.2) is 13.8 Å². The summed E-state index contributed by atoms with van der Waals surface area (Å²) in [6.45, 7) is 0. The number of alkyl halides is 2. The minimum atomic E-state index is -2.70. The molecule has 5 nitrogen and oxygen atoms in total. The third kappa shape index (κ3) is 3.28. The highest BCUT2D eigenvalue weighted by atomic mass is 32.1. The number of halogens is 2. The maximum absolute atomic E-state index is 12.5. The van der Waals surface area contributed by atoms with Gasteiger partial charge in [-0.05, 0) is 24.3 Å². The van der Waals surface area contributed by atoms with Crippen molar-refractivity contribution in [2.45, 2.75) is 6.43 Å². The molecule has 0 aliphatic carbocycles. The third-order valence-corrected chi connectivity index (χ3v) is 6.32. The molecule has 0 aliphatic rings. The standard InChI is InChI=1S/C15H8F2N4OS3/c16-11(17)14-20-21-15(25-14)19-12(22)9-5-6-10(23-9)13-18-7-3-1-2-4-8(7)24-13/h1-6,11H,(H,19,21,22). The molecule has 0 spiro atoms. The van der Waals surface area contributed by atoms with E-state index in [1.807, 2.05) is 30.3 Å². The smallest absolute Gasteiger partial charge is 0.291 e. The lowest BCUT2D eigenvalue weighted by atomic mass is 10.3. The number of carbonyl (C=O) groups excluding carboxylic acids is 1. The van der Waals surface area contributed by atoms with Gasteiger partial charge in [-0.2, -0.15) is 0 Å². The van der Waals surface area contributed by atoms with Crippen LogP contribution in [0.3, 0.4) is 0 Å². The van der Waals surface area contributed by atoms with Gasteiger partial charge in [-0.1, -0.05) is 23.5 Å². The van der Waals surface area contributed by atoms with E-state index in [9.17, 15) is 13.6 Å². The SMILES string of the molecule is O=C(Nc1nnc(C(F)F)s1)c1ccc(-c2nc3ccccc3s2)s1. The summed E-state index contributed by atoms with van der Waals surface area (Å²) >= 11 is 3.50. The summed E-state index contributed by atoms with van der Waals surface area (Å²) < 4.78 is 26.1. The van der Waals surface area contributed by atoms with Crippen molar-refractivity contribution in [1.29, 1.82) is 0 Å². The maximum Gasteiger partial charge on any atom is 0.291 e. The van der Waals surface area contributed by atoms with Gasteiger partial charge in [0.15, 0.2) is 5.01 Å². The van der Waals surface area contributed by atoms with Crippen LogP contribution in [0, 0.1) is 0 Å². The Kier molecular flexibility index (Phi) is 4.24. The molecule has 0 bridgehead atoms. The molecule has 10 heteroatoms. The van der Waals surface area contributed by atoms with E-state index in [0.29, 0.717) is 16.2 Å². The van der Waals surface area contributed by atoms with E-state index in [0.717, 1.165) is 20.1 Å². The van der Waals surface area contributed by atoms with Crippen LogP contribution in [0.15, 0.2) is 36.4 Å². The summed E-state index contributed by atoms with van der Waals surface area (Å²) in [5.74, 6) is -0.408. The lowest BCUT2D eigenvalue weighted by molar-refractivity contribution is 0.103. The van der Waals surface area contributed by atoms with Gasteiger partial charge in [0, 0.05) is 0 Å². The molecular formula is C15H8F2N4OS3. The van der Waals surface area contributed by atoms with E-state index in [2.05, 4.69) is 20.5 Å². The van der Waals surface area contributed by atoms with Gasteiger partial charge in [0.2, 0.25) is 5.13 Å². The zero-order chi connectivity index (χ0) is 17.4. The summed E-state index contributed by atoms with van der Waals surface area (Å²) in [7, 11) is 0. The van der Waals surface area contributed by atoms with Crippen LogP contribution < -0.4 is 5.32 Å². The van der Waals surface area contributed by atoms with Gasteiger partial charge < -0.3 is 0 Å². The molecule has 4 aromatic rings. The molecule has 1 N–H and O–H groups in total. The van der Waals surface area contributed by atoms with Crippen molar-refractivity contribution in [3.05, 3.63) is 46.3 Å². The number of nitrogens with one attached hydrogen (secondary N) is 1. The van der Waals surface area contributed by atoms with Crippen molar-refractivity contribution in [2.24, 2.45) is 0 Å². The first-order valence-electron chi connectivity index (χ1n) is 6.99. The molecule has 0 saturated carbocycles. The number of aromatic nitrogens is 3. The zero-order valence-electron chi connectivity index (χ0n) is 12.3. The number of nitrogens with zero attached hydrogens (tertiary/aromatic N) is 3. The largest absolute Gasteiger partial charge is 0.296 e. The van der Waals surface area contributed by atoms with E-state index in [4.69, 9.17) is 0 Å². The van der Waals surface area contributed by atoms with Crippen molar-refractivity contribution >= 4 is 55.3 Å². The molecular weight excluding hydrogens is 386 g/mol. The number of anilines is 1. The first kappa shape index (κ1) is 16.2. The van der Waals surface area contributed by atoms with Crippen LogP contribution in [0.5, 0.6) is 0 Å². The number of rotatable bonds is 4. The quantitative estimate of drug-likeness (QED) is 0.525. The lowest BCUT2D eigenvalue weighted by Crippen LogP contribution is -2.09. The molecule has 0 aliphatic heterocycles. The molecule has 3 aromatic heterocycles. The van der Waals surface area contributed by atoms with Gasteiger partial charge in [0.1, 0.15) is 5.01 Å². The minimum absolute atomic E-state index is 0.0511. The number of benzene rings is 1. The normalized spacial score (nSPS) is 11.3. The molecule has 1 aromatic carbocycles. The molecule has 3 heterocycles. The molecule has 0 saturated heterocycles. The van der Waals surface area contributed by atoms with Crippen molar-refractivity contribution < 1.29 is 13.6 Å². The Morgan fingerprint density at radius 3 is 2.64 bits per heavy atom. The lowest BCUT2D eigenvalue weighted by Gasteiger charge is -1.96. The van der Waals surface area contributed by atoms with Gasteiger partial charge >= 0.3 is 0 Å².